The standard InChI is InChI=1S/C26H32F3N7O.C2H5NO.C2H6/c1-32-7-4-22-20(16-32)25(31-36(22)18-5-10-37-11-6-18)35-9-8-33(2)23-12-19(17-14-30-34(3)15-17)21(13-24(23)35)26(27,28)29;1-3-2-4;1-2/h12-15,18H,4-11,16H2,1-3H3;2H,1H3,(H,3,4);1-2H3. The van der Waals surface area contributed by atoms with Gasteiger partial charge in [0.2, 0.25) is 6.41 Å². The van der Waals surface area contributed by atoms with Crippen LogP contribution in [0.25, 0.3) is 11.1 Å². The molecule has 0 atom stereocenters. The van der Waals surface area contributed by atoms with Crippen molar-refractivity contribution in [2.24, 2.45) is 7.05 Å². The number of amides is 1. The summed E-state index contributed by atoms with van der Waals surface area (Å²) in [5.41, 5.74) is 3.57. The second-order valence-corrected chi connectivity index (χ2v) is 10.8. The largest absolute Gasteiger partial charge is 0.417 e. The number of benzene rings is 1. The zero-order chi connectivity index (χ0) is 31.3. The van der Waals surface area contributed by atoms with Gasteiger partial charge >= 0.3 is 6.18 Å². The summed E-state index contributed by atoms with van der Waals surface area (Å²) < 4.78 is 52.5. The van der Waals surface area contributed by atoms with Gasteiger partial charge in [-0.25, -0.2) is 0 Å². The van der Waals surface area contributed by atoms with Crippen LogP contribution < -0.4 is 15.1 Å². The molecule has 0 radical (unpaired) electrons. The van der Waals surface area contributed by atoms with Crippen LogP contribution in [-0.4, -0.2) is 84.9 Å². The van der Waals surface area contributed by atoms with Gasteiger partial charge in [-0.2, -0.15) is 23.4 Å². The number of anilines is 3. The molecule has 6 rings (SSSR count). The Hall–Kier alpha value is -3.58. The van der Waals surface area contributed by atoms with Crippen LogP contribution in [0.2, 0.25) is 0 Å². The molecule has 1 amide bonds. The molecule has 0 saturated carbocycles. The maximum absolute atomic E-state index is 14.4. The predicted molar refractivity (Wildman–Crippen MR) is 162 cm³/mol. The van der Waals surface area contributed by atoms with E-state index in [2.05, 4.69) is 27.0 Å². The molecule has 5 heterocycles. The summed E-state index contributed by atoms with van der Waals surface area (Å²) in [7, 11) is 7.28. The Morgan fingerprint density at radius 3 is 2.35 bits per heavy atom. The Bertz CT molecular complexity index is 1380. The van der Waals surface area contributed by atoms with Crippen LogP contribution in [0.3, 0.4) is 0 Å². The molecule has 1 aromatic carbocycles. The van der Waals surface area contributed by atoms with E-state index in [4.69, 9.17) is 14.6 Å². The number of ether oxygens (including phenoxy) is 1. The van der Waals surface area contributed by atoms with E-state index in [-0.39, 0.29) is 11.6 Å². The predicted octanol–water partition coefficient (Wildman–Crippen LogP) is 4.62. The highest BCUT2D eigenvalue weighted by Crippen LogP contribution is 2.47. The van der Waals surface area contributed by atoms with E-state index in [0.717, 1.165) is 49.4 Å². The highest BCUT2D eigenvalue weighted by molar-refractivity contribution is 5.86. The van der Waals surface area contributed by atoms with Crippen LogP contribution >= 0.6 is 0 Å². The average Bonchev–Trinajstić information content (AvgIpc) is 3.61. The highest BCUT2D eigenvalue weighted by Gasteiger charge is 2.38. The first-order valence-corrected chi connectivity index (χ1v) is 14.8. The third kappa shape index (κ3) is 6.82. The molecular weight excluding hydrogens is 561 g/mol. The highest BCUT2D eigenvalue weighted by atomic mass is 19.4. The average molecular weight is 605 g/mol. The van der Waals surface area contributed by atoms with E-state index in [1.165, 1.54) is 22.6 Å². The van der Waals surface area contributed by atoms with Crippen LogP contribution in [-0.2, 0) is 35.7 Å². The van der Waals surface area contributed by atoms with Crippen molar-refractivity contribution in [1.82, 2.24) is 29.8 Å². The van der Waals surface area contributed by atoms with Crippen molar-refractivity contribution < 1.29 is 22.7 Å². The fourth-order valence-electron chi connectivity index (χ4n) is 5.86. The quantitative estimate of drug-likeness (QED) is 0.436. The number of hydrogen-bond acceptors (Lipinski definition) is 7. The first kappa shape index (κ1) is 32.3. The van der Waals surface area contributed by atoms with Gasteiger partial charge in [0, 0.05) is 90.0 Å². The van der Waals surface area contributed by atoms with Gasteiger partial charge in [0.05, 0.1) is 29.2 Å². The molecule has 0 aliphatic carbocycles. The first-order chi connectivity index (χ1) is 20.6. The summed E-state index contributed by atoms with van der Waals surface area (Å²) in [5, 5.41) is 11.5. The fourth-order valence-corrected chi connectivity index (χ4v) is 5.86. The number of nitrogens with zero attached hydrogens (tertiary/aromatic N) is 7. The first-order valence-electron chi connectivity index (χ1n) is 14.8. The van der Waals surface area contributed by atoms with E-state index in [0.29, 0.717) is 44.0 Å². The molecule has 236 valence electrons. The SMILES string of the molecule is CC.CN1CCc2c(c(N3CCN(C)c4cc(-c5cnn(C)c5)c(C(F)(F)F)cc43)nn2C2CCOCC2)C1.CNC=O. The molecule has 10 nitrogen and oxygen atoms in total. The van der Waals surface area contributed by atoms with Crippen molar-refractivity contribution >= 4 is 23.6 Å². The van der Waals surface area contributed by atoms with Crippen molar-refractivity contribution in [2.75, 3.05) is 63.8 Å². The van der Waals surface area contributed by atoms with Crippen molar-refractivity contribution in [1.29, 1.82) is 0 Å². The van der Waals surface area contributed by atoms with Crippen molar-refractivity contribution in [3.05, 3.63) is 41.3 Å². The number of halogens is 3. The molecule has 0 spiro atoms. The summed E-state index contributed by atoms with van der Waals surface area (Å²) in [6.45, 7) is 8.33. The summed E-state index contributed by atoms with van der Waals surface area (Å²) in [5.74, 6) is 0.782. The third-order valence-electron chi connectivity index (χ3n) is 7.96. The van der Waals surface area contributed by atoms with E-state index < -0.39 is 11.7 Å². The van der Waals surface area contributed by atoms with Crippen molar-refractivity contribution in [3.8, 4) is 11.1 Å². The van der Waals surface area contributed by atoms with Crippen molar-refractivity contribution in [3.63, 3.8) is 0 Å². The second kappa shape index (κ2) is 13.8. The monoisotopic (exact) mass is 604 g/mol. The van der Waals surface area contributed by atoms with E-state index in [1.807, 2.05) is 30.7 Å². The minimum absolute atomic E-state index is 0.141. The summed E-state index contributed by atoms with van der Waals surface area (Å²) >= 11 is 0. The Labute approximate surface area is 251 Å². The third-order valence-corrected chi connectivity index (χ3v) is 7.96. The van der Waals surface area contributed by atoms with Crippen molar-refractivity contribution in [2.45, 2.75) is 51.9 Å². The lowest BCUT2D eigenvalue weighted by Gasteiger charge is -2.37. The van der Waals surface area contributed by atoms with Gasteiger partial charge in [-0.3, -0.25) is 14.2 Å². The lowest BCUT2D eigenvalue weighted by Crippen LogP contribution is -2.38. The topological polar surface area (TPSA) is 83.7 Å². The van der Waals surface area contributed by atoms with Crippen LogP contribution in [0.15, 0.2) is 24.5 Å². The summed E-state index contributed by atoms with van der Waals surface area (Å²) in [6.07, 6.45) is 1.90. The zero-order valence-corrected chi connectivity index (χ0v) is 25.9. The van der Waals surface area contributed by atoms with E-state index in [1.54, 1.807) is 26.4 Å². The number of aryl methyl sites for hydroxylation is 1. The summed E-state index contributed by atoms with van der Waals surface area (Å²) in [4.78, 5) is 15.4. The molecule has 0 unspecified atom stereocenters. The maximum atomic E-state index is 14.4. The number of carbonyl (C=O) groups excluding carboxylic acids is 1. The van der Waals surface area contributed by atoms with Gasteiger partial charge in [0.15, 0.2) is 5.82 Å². The van der Waals surface area contributed by atoms with E-state index in [9.17, 15) is 13.2 Å². The molecule has 1 fully saturated rings. The number of hydrogen-bond donors (Lipinski definition) is 1. The van der Waals surface area contributed by atoms with Gasteiger partial charge in [-0.1, -0.05) is 13.8 Å². The molecule has 1 saturated heterocycles. The molecule has 2 aromatic heterocycles. The van der Waals surface area contributed by atoms with Crippen LogP contribution in [0.5, 0.6) is 0 Å². The number of alkyl halides is 3. The van der Waals surface area contributed by atoms with Gasteiger partial charge < -0.3 is 24.8 Å². The Kier molecular flexibility index (Phi) is 10.4. The molecule has 1 N–H and O–H groups in total. The number of likely N-dealkylation sites (N-methyl/N-ethyl adjacent to an activating group) is 2. The minimum atomic E-state index is -4.51. The van der Waals surface area contributed by atoms with Gasteiger partial charge in [-0.05, 0) is 37.6 Å². The van der Waals surface area contributed by atoms with Crippen LogP contribution in [0.4, 0.5) is 30.4 Å². The number of carbonyl (C=O) groups is 1. The van der Waals surface area contributed by atoms with Crippen LogP contribution in [0.1, 0.15) is 49.6 Å². The van der Waals surface area contributed by atoms with Gasteiger partial charge in [-0.15, -0.1) is 0 Å². The molecule has 3 aliphatic rings. The molecular formula is C30H43F3N8O2. The molecule has 0 bridgehead atoms. The number of fused-ring (bicyclic) bond motifs is 2. The molecule has 13 heteroatoms. The fraction of sp³-hybridized carbons (Fsp3) is 0.567. The number of aromatic nitrogens is 4. The lowest BCUT2D eigenvalue weighted by molar-refractivity contribution is -0.137. The zero-order valence-electron chi connectivity index (χ0n) is 25.9. The molecule has 3 aromatic rings. The number of nitrogens with one attached hydrogen (secondary N) is 1. The Balaban J connectivity index is 0.000000653. The second-order valence-electron chi connectivity index (χ2n) is 10.8. The Morgan fingerprint density at radius 2 is 1.74 bits per heavy atom. The maximum Gasteiger partial charge on any atom is 0.417 e. The van der Waals surface area contributed by atoms with E-state index >= 15 is 0 Å². The normalized spacial score (nSPS) is 17.2. The summed E-state index contributed by atoms with van der Waals surface area (Å²) in [6, 6.07) is 3.22. The smallest absolute Gasteiger partial charge is 0.381 e. The number of rotatable bonds is 4. The lowest BCUT2D eigenvalue weighted by atomic mass is 9.97. The van der Waals surface area contributed by atoms with Gasteiger partial charge in [0.1, 0.15) is 0 Å². The van der Waals surface area contributed by atoms with Crippen LogP contribution in [0, 0.1) is 0 Å². The van der Waals surface area contributed by atoms with Gasteiger partial charge in [0.25, 0.3) is 0 Å². The molecule has 3 aliphatic heterocycles. The minimum Gasteiger partial charge on any atom is -0.381 e. The Morgan fingerprint density at radius 1 is 1.05 bits per heavy atom. The molecule has 43 heavy (non-hydrogen) atoms.